The highest BCUT2D eigenvalue weighted by atomic mass is 79.9. The third-order valence-corrected chi connectivity index (χ3v) is 3.40. The SMILES string of the molecule is CC1CCC(O)(c2occc2Br)CN1. The summed E-state index contributed by atoms with van der Waals surface area (Å²) in [5.74, 6) is 0.636. The molecule has 1 aliphatic rings. The van der Waals surface area contributed by atoms with Crippen molar-refractivity contribution in [2.45, 2.75) is 31.4 Å². The highest BCUT2D eigenvalue weighted by molar-refractivity contribution is 9.10. The molecule has 78 valence electrons. The first-order chi connectivity index (χ1) is 6.62. The van der Waals surface area contributed by atoms with Crippen molar-refractivity contribution in [2.24, 2.45) is 0 Å². The van der Waals surface area contributed by atoms with Gasteiger partial charge in [0.2, 0.25) is 0 Å². The Labute approximate surface area is 91.6 Å². The van der Waals surface area contributed by atoms with E-state index >= 15 is 0 Å². The van der Waals surface area contributed by atoms with Gasteiger partial charge < -0.3 is 14.8 Å². The van der Waals surface area contributed by atoms with Crippen molar-refractivity contribution >= 4 is 15.9 Å². The molecule has 0 aromatic carbocycles. The van der Waals surface area contributed by atoms with Gasteiger partial charge in [0.05, 0.1) is 10.7 Å². The number of piperidine rings is 1. The van der Waals surface area contributed by atoms with Gasteiger partial charge in [-0.2, -0.15) is 0 Å². The van der Waals surface area contributed by atoms with Gasteiger partial charge in [0, 0.05) is 12.6 Å². The summed E-state index contributed by atoms with van der Waals surface area (Å²) in [5, 5.41) is 13.6. The lowest BCUT2D eigenvalue weighted by Gasteiger charge is -2.34. The topological polar surface area (TPSA) is 45.4 Å². The normalized spacial score (nSPS) is 33.2. The lowest BCUT2D eigenvalue weighted by atomic mass is 9.89. The number of rotatable bonds is 1. The van der Waals surface area contributed by atoms with Crippen LogP contribution in [0.5, 0.6) is 0 Å². The molecular weight excluding hydrogens is 246 g/mol. The fraction of sp³-hybridized carbons (Fsp3) is 0.600. The number of aliphatic hydroxyl groups is 1. The van der Waals surface area contributed by atoms with Gasteiger partial charge in [0.15, 0.2) is 5.76 Å². The van der Waals surface area contributed by atoms with Gasteiger partial charge in [-0.05, 0) is 41.8 Å². The van der Waals surface area contributed by atoms with Crippen LogP contribution in [0.25, 0.3) is 0 Å². The molecule has 2 atom stereocenters. The van der Waals surface area contributed by atoms with Crippen molar-refractivity contribution in [2.75, 3.05) is 6.54 Å². The Hall–Kier alpha value is -0.320. The van der Waals surface area contributed by atoms with Gasteiger partial charge in [-0.15, -0.1) is 0 Å². The minimum Gasteiger partial charge on any atom is -0.465 e. The number of furan rings is 1. The van der Waals surface area contributed by atoms with Crippen LogP contribution < -0.4 is 5.32 Å². The quantitative estimate of drug-likeness (QED) is 0.811. The van der Waals surface area contributed by atoms with E-state index in [9.17, 15) is 5.11 Å². The van der Waals surface area contributed by atoms with E-state index in [2.05, 4.69) is 28.2 Å². The Morgan fingerprint density at radius 2 is 2.50 bits per heavy atom. The zero-order chi connectivity index (χ0) is 10.2. The highest BCUT2D eigenvalue weighted by Gasteiger charge is 2.37. The molecule has 3 nitrogen and oxygen atoms in total. The largest absolute Gasteiger partial charge is 0.465 e. The maximum atomic E-state index is 10.3. The van der Waals surface area contributed by atoms with Crippen LogP contribution in [0.1, 0.15) is 25.5 Å². The van der Waals surface area contributed by atoms with Crippen LogP contribution >= 0.6 is 15.9 Å². The molecule has 0 amide bonds. The molecule has 2 unspecified atom stereocenters. The fourth-order valence-electron chi connectivity index (χ4n) is 1.81. The number of nitrogens with one attached hydrogen (secondary N) is 1. The molecule has 0 spiro atoms. The molecule has 0 radical (unpaired) electrons. The molecule has 0 aliphatic carbocycles. The standard InChI is InChI=1S/C10H14BrNO2/c1-7-2-4-10(13,6-12-7)9-8(11)3-5-14-9/h3,5,7,12-13H,2,4,6H2,1H3. The molecule has 1 saturated heterocycles. The Balaban J connectivity index is 2.21. The molecule has 2 rings (SSSR count). The number of halogens is 1. The molecule has 4 heteroatoms. The van der Waals surface area contributed by atoms with E-state index in [4.69, 9.17) is 4.42 Å². The lowest BCUT2D eigenvalue weighted by Crippen LogP contribution is -2.47. The van der Waals surface area contributed by atoms with E-state index in [0.29, 0.717) is 18.3 Å². The van der Waals surface area contributed by atoms with Crippen LogP contribution in [0.4, 0.5) is 0 Å². The average Bonchev–Trinajstić information content (AvgIpc) is 2.58. The van der Waals surface area contributed by atoms with E-state index < -0.39 is 5.60 Å². The van der Waals surface area contributed by atoms with E-state index in [1.807, 2.05) is 6.07 Å². The molecule has 1 fully saturated rings. The van der Waals surface area contributed by atoms with Crippen molar-refractivity contribution in [3.63, 3.8) is 0 Å². The van der Waals surface area contributed by atoms with Gasteiger partial charge >= 0.3 is 0 Å². The van der Waals surface area contributed by atoms with Crippen LogP contribution in [-0.2, 0) is 5.60 Å². The number of β-amino-alcohol motifs (C(OH)–C–C–N with tert-alkyl or cyclic N) is 1. The lowest BCUT2D eigenvalue weighted by molar-refractivity contribution is -0.0159. The second-order valence-corrected chi connectivity index (χ2v) is 4.80. The molecule has 2 heterocycles. The molecular formula is C10H14BrNO2. The first kappa shape index (κ1) is 10.2. The molecule has 14 heavy (non-hydrogen) atoms. The van der Waals surface area contributed by atoms with Crippen molar-refractivity contribution in [1.82, 2.24) is 5.32 Å². The number of hydrogen-bond donors (Lipinski definition) is 2. The smallest absolute Gasteiger partial charge is 0.150 e. The van der Waals surface area contributed by atoms with E-state index in [-0.39, 0.29) is 0 Å². The summed E-state index contributed by atoms with van der Waals surface area (Å²) in [6, 6.07) is 2.29. The van der Waals surface area contributed by atoms with E-state index in [1.165, 1.54) is 0 Å². The predicted molar refractivity (Wildman–Crippen MR) is 57.0 cm³/mol. The second kappa shape index (κ2) is 3.68. The van der Waals surface area contributed by atoms with Crippen molar-refractivity contribution in [3.05, 3.63) is 22.6 Å². The molecule has 2 N–H and O–H groups in total. The summed E-state index contributed by atoms with van der Waals surface area (Å²) in [4.78, 5) is 0. The van der Waals surface area contributed by atoms with Gasteiger partial charge in [0.25, 0.3) is 0 Å². The summed E-state index contributed by atoms with van der Waals surface area (Å²) in [7, 11) is 0. The molecule has 1 aliphatic heterocycles. The summed E-state index contributed by atoms with van der Waals surface area (Å²) in [6.45, 7) is 2.68. The summed E-state index contributed by atoms with van der Waals surface area (Å²) >= 11 is 3.37. The minimum atomic E-state index is -0.852. The third kappa shape index (κ3) is 1.74. The zero-order valence-electron chi connectivity index (χ0n) is 8.09. The molecule has 1 aromatic heterocycles. The first-order valence-electron chi connectivity index (χ1n) is 4.81. The van der Waals surface area contributed by atoms with Crippen LogP contribution in [0.2, 0.25) is 0 Å². The minimum absolute atomic E-state index is 0.476. The molecule has 0 bridgehead atoms. The van der Waals surface area contributed by atoms with Gasteiger partial charge in [0.1, 0.15) is 5.60 Å². The van der Waals surface area contributed by atoms with Crippen LogP contribution in [0, 0.1) is 0 Å². The van der Waals surface area contributed by atoms with Crippen molar-refractivity contribution in [3.8, 4) is 0 Å². The van der Waals surface area contributed by atoms with Crippen molar-refractivity contribution < 1.29 is 9.52 Å². The zero-order valence-corrected chi connectivity index (χ0v) is 9.67. The third-order valence-electron chi connectivity index (χ3n) is 2.77. The first-order valence-corrected chi connectivity index (χ1v) is 5.60. The monoisotopic (exact) mass is 259 g/mol. The maximum Gasteiger partial charge on any atom is 0.150 e. The van der Waals surface area contributed by atoms with Crippen LogP contribution in [0.3, 0.4) is 0 Å². The summed E-state index contributed by atoms with van der Waals surface area (Å²) in [5.41, 5.74) is -0.852. The van der Waals surface area contributed by atoms with E-state index in [1.54, 1.807) is 6.26 Å². The van der Waals surface area contributed by atoms with Crippen LogP contribution in [0.15, 0.2) is 21.2 Å². The Morgan fingerprint density at radius 1 is 1.71 bits per heavy atom. The van der Waals surface area contributed by atoms with Crippen molar-refractivity contribution in [1.29, 1.82) is 0 Å². The average molecular weight is 260 g/mol. The summed E-state index contributed by atoms with van der Waals surface area (Å²) in [6.07, 6.45) is 3.30. The maximum absolute atomic E-state index is 10.3. The second-order valence-electron chi connectivity index (χ2n) is 3.95. The number of hydrogen-bond acceptors (Lipinski definition) is 3. The van der Waals surface area contributed by atoms with Gasteiger partial charge in [-0.3, -0.25) is 0 Å². The van der Waals surface area contributed by atoms with Gasteiger partial charge in [-0.1, -0.05) is 0 Å². The Kier molecular flexibility index (Phi) is 2.68. The molecule has 1 aromatic rings. The Morgan fingerprint density at radius 3 is 3.00 bits per heavy atom. The highest BCUT2D eigenvalue weighted by Crippen LogP contribution is 2.35. The predicted octanol–water partition coefficient (Wildman–Crippen LogP) is 2.00. The summed E-state index contributed by atoms with van der Waals surface area (Å²) < 4.78 is 6.15. The fourth-order valence-corrected chi connectivity index (χ4v) is 2.38. The van der Waals surface area contributed by atoms with Crippen LogP contribution in [-0.4, -0.2) is 17.7 Å². The van der Waals surface area contributed by atoms with E-state index in [0.717, 1.165) is 17.3 Å². The Bertz CT molecular complexity index is 316. The van der Waals surface area contributed by atoms with Gasteiger partial charge in [-0.25, -0.2) is 0 Å². The molecule has 0 saturated carbocycles.